The normalized spacial score (nSPS) is 29.4. The average Bonchev–Trinajstić information content (AvgIpc) is 2.79. The Morgan fingerprint density at radius 3 is 2.50 bits per heavy atom. The van der Waals surface area contributed by atoms with Gasteiger partial charge in [0.2, 0.25) is 5.91 Å². The minimum Gasteiger partial charge on any atom is -0.342 e. The molecule has 3 unspecified atom stereocenters. The molecule has 1 fully saturated rings. The highest BCUT2D eigenvalue weighted by Crippen LogP contribution is 2.31. The van der Waals surface area contributed by atoms with Gasteiger partial charge in [0.25, 0.3) is 0 Å². The van der Waals surface area contributed by atoms with E-state index in [0.29, 0.717) is 17.7 Å². The largest absolute Gasteiger partial charge is 0.342 e. The van der Waals surface area contributed by atoms with Crippen LogP contribution < -0.4 is 0 Å². The van der Waals surface area contributed by atoms with Crippen LogP contribution in [0.1, 0.15) is 31.4 Å². The Labute approximate surface area is 129 Å². The zero-order valence-electron chi connectivity index (χ0n) is 12.2. The van der Waals surface area contributed by atoms with E-state index in [1.165, 1.54) is 17.5 Å². The molecule has 1 amide bonds. The lowest BCUT2D eigenvalue weighted by atomic mass is 9.90. The summed E-state index contributed by atoms with van der Waals surface area (Å²) in [5.74, 6) is 1.81. The number of likely N-dealkylation sites (tertiary alicyclic amines) is 1. The molecular weight excluding hydrogens is 314 g/mol. The number of carbonyl (C=O) groups excluding carboxylic acids is 1. The molecule has 1 aliphatic heterocycles. The Morgan fingerprint density at radius 1 is 1.15 bits per heavy atom. The molecule has 1 aromatic carbocycles. The lowest BCUT2D eigenvalue weighted by molar-refractivity contribution is -0.138. The van der Waals surface area contributed by atoms with Crippen LogP contribution in [0.3, 0.4) is 0 Å². The number of halogens is 1. The topological polar surface area (TPSA) is 20.3 Å². The molecule has 1 heterocycles. The van der Waals surface area contributed by atoms with Gasteiger partial charge in [-0.2, -0.15) is 0 Å². The second kappa shape index (κ2) is 5.51. The van der Waals surface area contributed by atoms with Crippen molar-refractivity contribution in [2.45, 2.75) is 33.1 Å². The highest BCUT2D eigenvalue weighted by molar-refractivity contribution is 9.10. The van der Waals surface area contributed by atoms with Gasteiger partial charge in [0.15, 0.2) is 0 Å². The van der Waals surface area contributed by atoms with Gasteiger partial charge in [-0.3, -0.25) is 4.79 Å². The summed E-state index contributed by atoms with van der Waals surface area (Å²) in [7, 11) is 0. The second-order valence-corrected chi connectivity index (χ2v) is 7.62. The summed E-state index contributed by atoms with van der Waals surface area (Å²) in [6.07, 6.45) is 3.08. The fourth-order valence-corrected chi connectivity index (χ4v) is 4.27. The number of piperidine rings is 1. The molecule has 0 aromatic heterocycles. The predicted octanol–water partition coefficient (Wildman–Crippen LogP) is 3.67. The molecule has 108 valence electrons. The van der Waals surface area contributed by atoms with Crippen LogP contribution >= 0.6 is 15.9 Å². The number of benzene rings is 1. The molecule has 0 radical (unpaired) electrons. The van der Waals surface area contributed by atoms with Gasteiger partial charge >= 0.3 is 0 Å². The Hall–Kier alpha value is -0.830. The first-order valence-electron chi connectivity index (χ1n) is 7.59. The minimum atomic E-state index is 0.164. The van der Waals surface area contributed by atoms with E-state index in [1.54, 1.807) is 0 Å². The molecule has 3 rings (SSSR count). The first kappa shape index (κ1) is 14.1. The Balaban J connectivity index is 1.71. The number of fused-ring (bicyclic) bond motifs is 1. The number of carbonyl (C=O) groups is 1. The Morgan fingerprint density at radius 2 is 1.80 bits per heavy atom. The molecule has 2 aliphatic rings. The minimum absolute atomic E-state index is 0.164. The smallest absolute Gasteiger partial charge is 0.226 e. The van der Waals surface area contributed by atoms with E-state index in [4.69, 9.17) is 0 Å². The summed E-state index contributed by atoms with van der Waals surface area (Å²) in [6.45, 7) is 6.41. The number of amides is 1. The van der Waals surface area contributed by atoms with Crippen molar-refractivity contribution in [2.24, 2.45) is 17.8 Å². The lowest BCUT2D eigenvalue weighted by Crippen LogP contribution is -2.45. The highest BCUT2D eigenvalue weighted by atomic mass is 79.9. The van der Waals surface area contributed by atoms with E-state index in [1.807, 2.05) is 0 Å². The SMILES string of the molecule is CC1CC(C)CN(C(=O)C2Cc3ccc(Br)cc3C2)C1. The van der Waals surface area contributed by atoms with Crippen LogP contribution in [-0.2, 0) is 17.6 Å². The van der Waals surface area contributed by atoms with E-state index < -0.39 is 0 Å². The molecule has 3 atom stereocenters. The number of hydrogen-bond donors (Lipinski definition) is 0. The van der Waals surface area contributed by atoms with Gasteiger partial charge in [-0.15, -0.1) is 0 Å². The fraction of sp³-hybridized carbons (Fsp3) is 0.588. The quantitative estimate of drug-likeness (QED) is 0.766. The number of nitrogens with zero attached hydrogens (tertiary/aromatic N) is 1. The van der Waals surface area contributed by atoms with E-state index in [0.717, 1.165) is 30.4 Å². The maximum absolute atomic E-state index is 12.8. The molecule has 1 aliphatic carbocycles. The summed E-state index contributed by atoms with van der Waals surface area (Å²) in [4.78, 5) is 14.9. The first-order chi connectivity index (χ1) is 9.52. The third-order valence-electron chi connectivity index (χ3n) is 4.63. The van der Waals surface area contributed by atoms with Crippen LogP contribution in [0.15, 0.2) is 22.7 Å². The highest BCUT2D eigenvalue weighted by Gasteiger charge is 2.33. The monoisotopic (exact) mass is 335 g/mol. The van der Waals surface area contributed by atoms with Crippen LogP contribution in [-0.4, -0.2) is 23.9 Å². The van der Waals surface area contributed by atoms with Crippen molar-refractivity contribution in [3.8, 4) is 0 Å². The summed E-state index contributed by atoms with van der Waals surface area (Å²) in [6, 6.07) is 6.41. The van der Waals surface area contributed by atoms with Gasteiger partial charge < -0.3 is 4.90 Å². The van der Waals surface area contributed by atoms with Crippen LogP contribution in [0.4, 0.5) is 0 Å². The van der Waals surface area contributed by atoms with Crippen LogP contribution in [0.2, 0.25) is 0 Å². The molecule has 1 saturated heterocycles. The summed E-state index contributed by atoms with van der Waals surface area (Å²) in [5, 5.41) is 0. The molecular formula is C17H22BrNO. The molecule has 0 N–H and O–H groups in total. The van der Waals surface area contributed by atoms with Crippen molar-refractivity contribution in [3.63, 3.8) is 0 Å². The number of hydrogen-bond acceptors (Lipinski definition) is 1. The maximum Gasteiger partial charge on any atom is 0.226 e. The van der Waals surface area contributed by atoms with Crippen LogP contribution in [0.5, 0.6) is 0 Å². The third kappa shape index (κ3) is 2.78. The zero-order valence-corrected chi connectivity index (χ0v) is 13.8. The first-order valence-corrected chi connectivity index (χ1v) is 8.38. The van der Waals surface area contributed by atoms with Crippen molar-refractivity contribution in [1.82, 2.24) is 4.90 Å². The van der Waals surface area contributed by atoms with Crippen LogP contribution in [0, 0.1) is 17.8 Å². The Kier molecular flexibility index (Phi) is 3.89. The van der Waals surface area contributed by atoms with Gasteiger partial charge in [-0.1, -0.05) is 35.8 Å². The summed E-state index contributed by atoms with van der Waals surface area (Å²) < 4.78 is 1.12. The molecule has 20 heavy (non-hydrogen) atoms. The van der Waals surface area contributed by atoms with Gasteiger partial charge in [-0.05, 0) is 54.4 Å². The van der Waals surface area contributed by atoms with Gasteiger partial charge in [0.05, 0.1) is 0 Å². The molecule has 1 aromatic rings. The number of rotatable bonds is 1. The van der Waals surface area contributed by atoms with E-state index in [-0.39, 0.29) is 5.92 Å². The van der Waals surface area contributed by atoms with E-state index >= 15 is 0 Å². The van der Waals surface area contributed by atoms with Crippen molar-refractivity contribution in [2.75, 3.05) is 13.1 Å². The van der Waals surface area contributed by atoms with E-state index in [2.05, 4.69) is 52.9 Å². The van der Waals surface area contributed by atoms with Gasteiger partial charge in [-0.25, -0.2) is 0 Å². The van der Waals surface area contributed by atoms with Gasteiger partial charge in [0, 0.05) is 23.5 Å². The summed E-state index contributed by atoms with van der Waals surface area (Å²) in [5.41, 5.74) is 2.69. The zero-order chi connectivity index (χ0) is 14.3. The van der Waals surface area contributed by atoms with Crippen molar-refractivity contribution >= 4 is 21.8 Å². The second-order valence-electron chi connectivity index (χ2n) is 6.71. The third-order valence-corrected chi connectivity index (χ3v) is 5.12. The van der Waals surface area contributed by atoms with Gasteiger partial charge in [0.1, 0.15) is 0 Å². The molecule has 0 saturated carbocycles. The van der Waals surface area contributed by atoms with Crippen molar-refractivity contribution in [1.29, 1.82) is 0 Å². The van der Waals surface area contributed by atoms with E-state index in [9.17, 15) is 4.79 Å². The fourth-order valence-electron chi connectivity index (χ4n) is 3.86. The maximum atomic E-state index is 12.8. The predicted molar refractivity (Wildman–Crippen MR) is 84.6 cm³/mol. The summed E-state index contributed by atoms with van der Waals surface area (Å²) >= 11 is 3.52. The lowest BCUT2D eigenvalue weighted by Gasteiger charge is -2.36. The molecule has 3 heteroatoms. The molecule has 2 nitrogen and oxygen atoms in total. The van der Waals surface area contributed by atoms with Crippen molar-refractivity contribution < 1.29 is 4.79 Å². The Bertz CT molecular complexity index is 518. The molecule has 0 spiro atoms. The van der Waals surface area contributed by atoms with Crippen molar-refractivity contribution in [3.05, 3.63) is 33.8 Å². The standard InChI is InChI=1S/C17H22BrNO/c1-11-5-12(2)10-19(9-11)17(20)15-6-13-3-4-16(18)8-14(13)7-15/h3-4,8,11-12,15H,5-7,9-10H2,1-2H3. The van der Waals surface area contributed by atoms with Crippen LogP contribution in [0.25, 0.3) is 0 Å². The molecule has 0 bridgehead atoms. The average molecular weight is 336 g/mol.